The maximum absolute atomic E-state index is 3.13. The van der Waals surface area contributed by atoms with E-state index >= 15 is 0 Å². The van der Waals surface area contributed by atoms with E-state index in [9.17, 15) is 0 Å². The normalized spacial score (nSPS) is 17.6. The number of unbranched alkanes of at least 4 members (excludes halogenated alkanes) is 48. The summed E-state index contributed by atoms with van der Waals surface area (Å²) in [5.41, 5.74) is 0.791. The maximum atomic E-state index is 3.13. The van der Waals surface area contributed by atoms with Gasteiger partial charge in [0, 0.05) is 0 Å². The lowest BCUT2D eigenvalue weighted by atomic mass is 9.62. The molecule has 0 amide bonds. The van der Waals surface area contributed by atoms with Crippen LogP contribution in [0.5, 0.6) is 0 Å². The first-order valence-corrected chi connectivity index (χ1v) is 41.6. The van der Waals surface area contributed by atoms with E-state index in [1.54, 1.807) is 0 Å². The number of hydrogen-bond donors (Lipinski definition) is 0. The largest absolute Gasteiger partial charge is 0.0817 e. The summed E-state index contributed by atoms with van der Waals surface area (Å²) in [5, 5.41) is 0. The molecule has 0 saturated carbocycles. The van der Waals surface area contributed by atoms with Gasteiger partial charge in [0.15, 0.2) is 0 Å². The van der Waals surface area contributed by atoms with Crippen LogP contribution in [-0.2, 0) is 0 Å². The molecule has 0 radical (unpaired) electrons. The smallest absolute Gasteiger partial charge is 0.0104 e. The molecule has 0 nitrogen and oxygen atoms in total. The summed E-state index contributed by atoms with van der Waals surface area (Å²) in [6.07, 6.45) is 108. The van der Waals surface area contributed by atoms with E-state index in [0.717, 1.165) is 23.7 Å². The van der Waals surface area contributed by atoms with Crippen molar-refractivity contribution in [2.45, 2.75) is 498 Å². The minimum absolute atomic E-state index is 0.395. The summed E-state index contributed by atoms with van der Waals surface area (Å²) in [7, 11) is 0. The summed E-state index contributed by atoms with van der Waals surface area (Å²) in [6.45, 7) is 19.2. The van der Waals surface area contributed by atoms with Crippen LogP contribution in [-0.4, -0.2) is 0 Å². The van der Waals surface area contributed by atoms with Crippen molar-refractivity contribution in [2.24, 2.45) is 34.5 Å². The third-order valence-corrected chi connectivity index (χ3v) is 22.0. The number of allylic oxidation sites excluding steroid dienone is 2. The third kappa shape index (κ3) is 51.0. The van der Waals surface area contributed by atoms with Gasteiger partial charge >= 0.3 is 0 Å². The molecular formula is C85H168. The SMILES string of the molecule is CCCCCCCCCCC(CCCCCCCC)CC1(CC(CCCCCCCC)CCCCCCCCCC)C=CC(CC(CCCCCCCC)CCCCCCCCCC)(CC(CCCCCCCC)CCCCCCCCCC)C1. The average Bonchev–Trinajstić information content (AvgIpc) is 4.01. The third-order valence-electron chi connectivity index (χ3n) is 22.0. The van der Waals surface area contributed by atoms with E-state index in [1.807, 2.05) is 0 Å². The maximum Gasteiger partial charge on any atom is -0.0104 e. The molecule has 508 valence electrons. The van der Waals surface area contributed by atoms with E-state index in [4.69, 9.17) is 0 Å². The van der Waals surface area contributed by atoms with E-state index in [0.29, 0.717) is 10.8 Å². The van der Waals surface area contributed by atoms with Crippen molar-refractivity contribution in [1.82, 2.24) is 0 Å². The van der Waals surface area contributed by atoms with Crippen LogP contribution in [0, 0.1) is 34.5 Å². The van der Waals surface area contributed by atoms with E-state index in [-0.39, 0.29) is 0 Å². The predicted octanol–water partition coefficient (Wildman–Crippen LogP) is 32.1. The monoisotopic (exact) mass is 1190 g/mol. The zero-order chi connectivity index (χ0) is 61.5. The molecule has 0 aromatic rings. The molecule has 1 aliphatic carbocycles. The van der Waals surface area contributed by atoms with Crippen molar-refractivity contribution < 1.29 is 0 Å². The summed E-state index contributed by atoms with van der Waals surface area (Å²) < 4.78 is 0. The zero-order valence-electron chi connectivity index (χ0n) is 61.3. The van der Waals surface area contributed by atoms with Crippen molar-refractivity contribution in [1.29, 1.82) is 0 Å². The molecule has 0 spiro atoms. The van der Waals surface area contributed by atoms with Crippen molar-refractivity contribution in [3.63, 3.8) is 0 Å². The van der Waals surface area contributed by atoms with E-state index in [2.05, 4.69) is 67.5 Å². The first-order chi connectivity index (χ1) is 41.9. The van der Waals surface area contributed by atoms with Gasteiger partial charge in [0.25, 0.3) is 0 Å². The first kappa shape index (κ1) is 82.8. The fourth-order valence-electron chi connectivity index (χ4n) is 16.7. The fourth-order valence-corrected chi connectivity index (χ4v) is 16.7. The quantitative estimate of drug-likeness (QED) is 0.0421. The Morgan fingerprint density at radius 2 is 0.294 bits per heavy atom. The van der Waals surface area contributed by atoms with Crippen LogP contribution in [0.3, 0.4) is 0 Å². The molecule has 85 heavy (non-hydrogen) atoms. The van der Waals surface area contributed by atoms with Gasteiger partial charge in [-0.1, -0.05) is 478 Å². The second kappa shape index (κ2) is 63.9. The van der Waals surface area contributed by atoms with Crippen molar-refractivity contribution in [3.8, 4) is 0 Å². The molecule has 0 heterocycles. The highest BCUT2D eigenvalue weighted by molar-refractivity contribution is 5.19. The van der Waals surface area contributed by atoms with Gasteiger partial charge in [-0.3, -0.25) is 0 Å². The first-order valence-electron chi connectivity index (χ1n) is 41.6. The van der Waals surface area contributed by atoms with Crippen LogP contribution in [0.4, 0.5) is 0 Å². The highest BCUT2D eigenvalue weighted by Gasteiger charge is 2.47. The van der Waals surface area contributed by atoms with Gasteiger partial charge in [0.1, 0.15) is 0 Å². The van der Waals surface area contributed by atoms with Crippen LogP contribution in [0.25, 0.3) is 0 Å². The Hall–Kier alpha value is -0.260. The van der Waals surface area contributed by atoms with Crippen molar-refractivity contribution in [2.75, 3.05) is 0 Å². The predicted molar refractivity (Wildman–Crippen MR) is 392 cm³/mol. The van der Waals surface area contributed by atoms with Crippen LogP contribution >= 0.6 is 0 Å². The molecule has 1 rings (SSSR count). The molecule has 0 bridgehead atoms. The van der Waals surface area contributed by atoms with Crippen molar-refractivity contribution >= 4 is 0 Å². The van der Waals surface area contributed by atoms with Gasteiger partial charge < -0.3 is 0 Å². The number of rotatable bonds is 72. The fraction of sp³-hybridized carbons (Fsp3) is 0.976. The van der Waals surface area contributed by atoms with Crippen LogP contribution < -0.4 is 0 Å². The molecule has 0 aromatic carbocycles. The Morgan fingerprint density at radius 1 is 0.176 bits per heavy atom. The van der Waals surface area contributed by atoms with Crippen LogP contribution in [0.1, 0.15) is 498 Å². The second-order valence-corrected chi connectivity index (χ2v) is 30.8. The van der Waals surface area contributed by atoms with Crippen molar-refractivity contribution in [3.05, 3.63) is 12.2 Å². The van der Waals surface area contributed by atoms with E-state index in [1.165, 1.54) is 443 Å². The second-order valence-electron chi connectivity index (χ2n) is 30.8. The Kier molecular flexibility index (Phi) is 62.2. The molecular weight excluding hydrogens is 1020 g/mol. The van der Waals surface area contributed by atoms with Gasteiger partial charge in [-0.15, -0.1) is 0 Å². The van der Waals surface area contributed by atoms with Gasteiger partial charge in [-0.05, 0) is 66.6 Å². The molecule has 0 fully saturated rings. The molecule has 0 aliphatic heterocycles. The lowest BCUT2D eigenvalue weighted by molar-refractivity contribution is 0.107. The lowest BCUT2D eigenvalue weighted by Gasteiger charge is -2.42. The summed E-state index contributed by atoms with van der Waals surface area (Å²) in [5.74, 6) is 3.66. The van der Waals surface area contributed by atoms with Crippen LogP contribution in [0.15, 0.2) is 12.2 Å². The highest BCUT2D eigenvalue weighted by Crippen LogP contribution is 2.58. The molecule has 0 N–H and O–H groups in total. The Morgan fingerprint density at radius 3 is 0.424 bits per heavy atom. The molecule has 4 unspecified atom stereocenters. The molecule has 4 atom stereocenters. The van der Waals surface area contributed by atoms with Gasteiger partial charge in [0.2, 0.25) is 0 Å². The summed E-state index contributed by atoms with van der Waals surface area (Å²) >= 11 is 0. The molecule has 0 heteroatoms. The summed E-state index contributed by atoms with van der Waals surface area (Å²) in [6, 6.07) is 0. The minimum atomic E-state index is 0.395. The van der Waals surface area contributed by atoms with Gasteiger partial charge in [-0.2, -0.15) is 0 Å². The molecule has 0 saturated heterocycles. The highest BCUT2D eigenvalue weighted by atomic mass is 14.5. The summed E-state index contributed by atoms with van der Waals surface area (Å²) in [4.78, 5) is 0. The Balaban J connectivity index is 3.98. The zero-order valence-corrected chi connectivity index (χ0v) is 61.3. The van der Waals surface area contributed by atoms with E-state index < -0.39 is 0 Å². The minimum Gasteiger partial charge on any atom is -0.0817 e. The lowest BCUT2D eigenvalue weighted by Crippen LogP contribution is -2.31. The molecule has 1 aliphatic rings. The topological polar surface area (TPSA) is 0 Å². The van der Waals surface area contributed by atoms with Gasteiger partial charge in [0.05, 0.1) is 0 Å². The molecule has 0 aromatic heterocycles. The Labute approximate surface area is 542 Å². The average molecular weight is 1190 g/mol. The van der Waals surface area contributed by atoms with Gasteiger partial charge in [-0.25, -0.2) is 0 Å². The Bertz CT molecular complexity index is 1110. The number of hydrogen-bond acceptors (Lipinski definition) is 0. The standard InChI is InChI=1S/C85H168/c1-9-17-25-33-41-45-53-61-69-80(65-57-49-37-29-21-13-5)75-84(76-81(66-58-50-38-30-22-14-6)70-62-54-46-42-34-26-18-10-2)73-74-85(79-84,77-82(67-59-51-39-31-23-15-7)71-63-55-47-43-35-27-19-11-3)78-83(68-60-52-40-32-24-16-8)72-64-56-48-44-36-28-20-12-4/h73-74,80-83H,9-72,75-79H2,1-8H3. The van der Waals surface area contributed by atoms with Crippen LogP contribution in [0.2, 0.25) is 0 Å².